The Balaban J connectivity index is 2.20. The fraction of sp³-hybridized carbons (Fsp3) is 0.294. The highest BCUT2D eigenvalue weighted by atomic mass is 32.2. The Bertz CT molecular complexity index is 894. The molecular weight excluding hydrogens is 358 g/mol. The Labute approximate surface area is 152 Å². The number of sulfonamides is 1. The molecule has 1 aromatic heterocycles. The number of rotatable bonds is 5. The third-order valence-electron chi connectivity index (χ3n) is 2.92. The second kappa shape index (κ2) is 7.47. The van der Waals surface area contributed by atoms with Crippen molar-refractivity contribution in [1.82, 2.24) is 9.71 Å². The number of amides is 1. The van der Waals surface area contributed by atoms with Gasteiger partial charge in [0.1, 0.15) is 4.90 Å². The first-order valence-corrected chi connectivity index (χ1v) is 9.97. The van der Waals surface area contributed by atoms with Crippen LogP contribution in [-0.4, -0.2) is 24.8 Å². The maximum atomic E-state index is 12.5. The highest BCUT2D eigenvalue weighted by Crippen LogP contribution is 2.22. The van der Waals surface area contributed by atoms with Gasteiger partial charge in [0.2, 0.25) is 15.9 Å². The maximum absolute atomic E-state index is 12.5. The lowest BCUT2D eigenvalue weighted by molar-refractivity contribution is -0.111. The van der Waals surface area contributed by atoms with Gasteiger partial charge in [-0.15, -0.1) is 11.3 Å². The fourth-order valence-corrected chi connectivity index (χ4v) is 4.22. The van der Waals surface area contributed by atoms with Crippen LogP contribution in [0, 0.1) is 6.92 Å². The second-order valence-electron chi connectivity index (χ2n) is 6.47. The molecule has 0 unspecified atom stereocenters. The highest BCUT2D eigenvalue weighted by Gasteiger charge is 2.24. The molecule has 1 amide bonds. The molecule has 0 aliphatic heterocycles. The van der Waals surface area contributed by atoms with Gasteiger partial charge in [-0.1, -0.05) is 12.1 Å². The zero-order valence-corrected chi connectivity index (χ0v) is 16.2. The van der Waals surface area contributed by atoms with Crippen LogP contribution in [0.4, 0.5) is 5.69 Å². The number of hydrogen-bond acceptors (Lipinski definition) is 5. The lowest BCUT2D eigenvalue weighted by Gasteiger charge is -2.21. The second-order valence-corrected chi connectivity index (χ2v) is 9.18. The van der Waals surface area contributed by atoms with Crippen molar-refractivity contribution in [2.24, 2.45) is 0 Å². The van der Waals surface area contributed by atoms with E-state index < -0.39 is 21.5 Å². The van der Waals surface area contributed by atoms with Crippen molar-refractivity contribution in [3.63, 3.8) is 0 Å². The van der Waals surface area contributed by atoms with Crippen molar-refractivity contribution in [1.29, 1.82) is 0 Å². The van der Waals surface area contributed by atoms with Crippen molar-refractivity contribution in [3.05, 3.63) is 46.4 Å². The van der Waals surface area contributed by atoms with Crippen LogP contribution in [0.1, 0.15) is 31.5 Å². The Morgan fingerprint density at radius 2 is 1.92 bits per heavy atom. The van der Waals surface area contributed by atoms with Crippen LogP contribution >= 0.6 is 11.3 Å². The zero-order valence-electron chi connectivity index (χ0n) is 14.5. The summed E-state index contributed by atoms with van der Waals surface area (Å²) in [5, 5.41) is 5.36. The normalized spacial score (nSPS) is 12.5. The van der Waals surface area contributed by atoms with E-state index in [1.54, 1.807) is 45.0 Å². The average Bonchev–Trinajstić information content (AvgIpc) is 2.89. The number of nitrogens with zero attached hydrogens (tertiary/aromatic N) is 1. The van der Waals surface area contributed by atoms with Gasteiger partial charge in [-0.2, -0.15) is 0 Å². The third-order valence-corrected chi connectivity index (χ3v) is 5.53. The monoisotopic (exact) mass is 379 g/mol. The molecule has 2 rings (SSSR count). The van der Waals surface area contributed by atoms with Crippen molar-refractivity contribution in [3.8, 4) is 0 Å². The minimum atomic E-state index is -3.76. The number of carbonyl (C=O) groups excluding carboxylic acids is 1. The number of aromatic nitrogens is 1. The summed E-state index contributed by atoms with van der Waals surface area (Å²) in [5.74, 6) is -0.427. The van der Waals surface area contributed by atoms with E-state index >= 15 is 0 Å². The molecule has 1 aromatic carbocycles. The van der Waals surface area contributed by atoms with Gasteiger partial charge in [0.25, 0.3) is 0 Å². The summed E-state index contributed by atoms with van der Waals surface area (Å²) in [7, 11) is -3.76. The summed E-state index contributed by atoms with van der Waals surface area (Å²) in [6.45, 7) is 7.14. The lowest BCUT2D eigenvalue weighted by atomic mass is 10.1. The maximum Gasteiger partial charge on any atom is 0.248 e. The van der Waals surface area contributed by atoms with Crippen molar-refractivity contribution in [2.75, 3.05) is 5.32 Å². The van der Waals surface area contributed by atoms with Gasteiger partial charge in [0, 0.05) is 17.0 Å². The van der Waals surface area contributed by atoms with E-state index in [0.29, 0.717) is 5.69 Å². The lowest BCUT2D eigenvalue weighted by Crippen LogP contribution is -2.40. The van der Waals surface area contributed by atoms with Gasteiger partial charge in [-0.25, -0.2) is 18.1 Å². The van der Waals surface area contributed by atoms with Gasteiger partial charge < -0.3 is 5.32 Å². The number of anilines is 1. The number of aryl methyl sites for hydroxylation is 1. The van der Waals surface area contributed by atoms with Gasteiger partial charge >= 0.3 is 0 Å². The molecule has 2 aromatic rings. The highest BCUT2D eigenvalue weighted by molar-refractivity contribution is 7.89. The molecule has 6 nitrogen and oxygen atoms in total. The summed E-state index contributed by atoms with van der Waals surface area (Å²) < 4.78 is 27.7. The van der Waals surface area contributed by atoms with Crippen LogP contribution in [0.5, 0.6) is 0 Å². The molecular formula is C17H21N3O3S2. The van der Waals surface area contributed by atoms with Crippen LogP contribution in [-0.2, 0) is 14.8 Å². The topological polar surface area (TPSA) is 88.2 Å². The van der Waals surface area contributed by atoms with Crippen LogP contribution in [0.15, 0.2) is 40.6 Å². The van der Waals surface area contributed by atoms with E-state index in [4.69, 9.17) is 0 Å². The summed E-state index contributed by atoms with van der Waals surface area (Å²) in [6.07, 6.45) is 2.92. The van der Waals surface area contributed by atoms with Gasteiger partial charge in [-0.05, 0) is 45.9 Å². The number of nitrogens with one attached hydrogen (secondary N) is 2. The summed E-state index contributed by atoms with van der Waals surface area (Å²) >= 11 is 1.49. The minimum absolute atomic E-state index is 0.0242. The first kappa shape index (κ1) is 19.3. The standard InChI is InChI=1S/C17H21N3O3S2/c1-12-18-13(11-24-12)9-10-16(21)19-14-7-5-6-8-15(14)25(22,23)20-17(2,3)4/h5-11,20H,1-4H3,(H,19,21). The quantitative estimate of drug-likeness (QED) is 0.781. The van der Waals surface area contributed by atoms with Gasteiger partial charge in [0.15, 0.2) is 0 Å². The molecule has 0 spiro atoms. The van der Waals surface area contributed by atoms with E-state index in [2.05, 4.69) is 15.0 Å². The number of para-hydroxylation sites is 1. The summed E-state index contributed by atoms with van der Waals surface area (Å²) in [5.41, 5.74) is 0.287. The molecule has 0 saturated heterocycles. The predicted molar refractivity (Wildman–Crippen MR) is 101 cm³/mol. The van der Waals surface area contributed by atoms with Crippen LogP contribution in [0.25, 0.3) is 6.08 Å². The molecule has 0 aliphatic carbocycles. The SMILES string of the molecule is Cc1nc(C=CC(=O)Nc2ccccc2S(=O)(=O)NC(C)(C)C)cs1. The molecule has 2 N–H and O–H groups in total. The molecule has 0 saturated carbocycles. The molecule has 25 heavy (non-hydrogen) atoms. The molecule has 0 aliphatic rings. The van der Waals surface area contributed by atoms with Crippen LogP contribution in [0.2, 0.25) is 0 Å². The van der Waals surface area contributed by atoms with Crippen molar-refractivity contribution >= 4 is 39.0 Å². The number of carbonyl (C=O) groups is 1. The molecule has 0 bridgehead atoms. The van der Waals surface area contributed by atoms with Gasteiger partial charge in [0.05, 0.1) is 16.4 Å². The smallest absolute Gasteiger partial charge is 0.248 e. The Hall–Kier alpha value is -2.03. The molecule has 0 radical (unpaired) electrons. The van der Waals surface area contributed by atoms with E-state index in [0.717, 1.165) is 5.01 Å². The zero-order chi connectivity index (χ0) is 18.7. The van der Waals surface area contributed by atoms with Crippen molar-refractivity contribution < 1.29 is 13.2 Å². The van der Waals surface area contributed by atoms with E-state index in [9.17, 15) is 13.2 Å². The average molecular weight is 380 g/mol. The molecule has 1 heterocycles. The first-order chi connectivity index (χ1) is 11.6. The predicted octanol–water partition coefficient (Wildman–Crippen LogP) is 3.18. The summed E-state index contributed by atoms with van der Waals surface area (Å²) in [6, 6.07) is 6.28. The minimum Gasteiger partial charge on any atom is -0.321 e. The summed E-state index contributed by atoms with van der Waals surface area (Å²) in [4.78, 5) is 16.4. The molecule has 0 atom stereocenters. The van der Waals surface area contributed by atoms with Crippen LogP contribution < -0.4 is 10.0 Å². The first-order valence-electron chi connectivity index (χ1n) is 7.61. The number of benzene rings is 1. The van der Waals surface area contributed by atoms with Crippen LogP contribution in [0.3, 0.4) is 0 Å². The number of thiazole rings is 1. The van der Waals surface area contributed by atoms with Gasteiger partial charge in [-0.3, -0.25) is 4.79 Å². The Kier molecular flexibility index (Phi) is 5.76. The van der Waals surface area contributed by atoms with E-state index in [-0.39, 0.29) is 10.6 Å². The Morgan fingerprint density at radius 3 is 2.52 bits per heavy atom. The van der Waals surface area contributed by atoms with E-state index in [1.807, 2.05) is 12.3 Å². The molecule has 134 valence electrons. The van der Waals surface area contributed by atoms with E-state index in [1.165, 1.54) is 23.5 Å². The molecule has 0 fully saturated rings. The third kappa shape index (κ3) is 5.77. The fourth-order valence-electron chi connectivity index (χ4n) is 2.05. The van der Waals surface area contributed by atoms with Crippen molar-refractivity contribution in [2.45, 2.75) is 38.1 Å². The Morgan fingerprint density at radius 1 is 1.24 bits per heavy atom. The number of hydrogen-bond donors (Lipinski definition) is 2. The molecule has 8 heteroatoms. The largest absolute Gasteiger partial charge is 0.321 e.